The summed E-state index contributed by atoms with van der Waals surface area (Å²) < 4.78 is 0. The molecule has 0 amide bonds. The summed E-state index contributed by atoms with van der Waals surface area (Å²) in [5, 5.41) is 0. The van der Waals surface area contributed by atoms with Gasteiger partial charge < -0.3 is 5.73 Å². The number of aryl methyl sites for hydroxylation is 1. The van der Waals surface area contributed by atoms with Crippen LogP contribution in [0.15, 0.2) is 24.3 Å². The molecule has 1 nitrogen and oxygen atoms in total. The van der Waals surface area contributed by atoms with Gasteiger partial charge in [-0.3, -0.25) is 0 Å². The van der Waals surface area contributed by atoms with Crippen LogP contribution in [0.25, 0.3) is 0 Å². The molecule has 2 unspecified atom stereocenters. The van der Waals surface area contributed by atoms with Gasteiger partial charge in [-0.2, -0.15) is 0 Å². The zero-order valence-electron chi connectivity index (χ0n) is 13.0. The molecule has 19 heavy (non-hydrogen) atoms. The molecule has 0 fully saturated rings. The van der Waals surface area contributed by atoms with E-state index in [2.05, 4.69) is 45.0 Å². The van der Waals surface area contributed by atoms with Crippen molar-refractivity contribution in [2.75, 3.05) is 6.54 Å². The fourth-order valence-corrected chi connectivity index (χ4v) is 2.77. The van der Waals surface area contributed by atoms with Crippen LogP contribution in [-0.2, 0) is 6.42 Å². The van der Waals surface area contributed by atoms with Gasteiger partial charge in [-0.1, -0.05) is 69.4 Å². The van der Waals surface area contributed by atoms with E-state index >= 15 is 0 Å². The summed E-state index contributed by atoms with van der Waals surface area (Å²) in [6.45, 7) is 7.55. The lowest BCUT2D eigenvalue weighted by Gasteiger charge is -2.21. The van der Waals surface area contributed by atoms with Gasteiger partial charge in [-0.15, -0.1) is 0 Å². The summed E-state index contributed by atoms with van der Waals surface area (Å²) in [4.78, 5) is 0. The van der Waals surface area contributed by atoms with Gasteiger partial charge in [0.25, 0.3) is 0 Å². The highest BCUT2D eigenvalue weighted by Gasteiger charge is 2.14. The molecule has 1 rings (SSSR count). The second-order valence-corrected chi connectivity index (χ2v) is 5.94. The molecule has 0 radical (unpaired) electrons. The molecule has 0 aliphatic heterocycles. The first kappa shape index (κ1) is 16.2. The molecular weight excluding hydrogens is 230 g/mol. The van der Waals surface area contributed by atoms with Gasteiger partial charge in [-0.05, 0) is 43.7 Å². The Morgan fingerprint density at radius 2 is 1.74 bits per heavy atom. The molecule has 1 aromatic carbocycles. The summed E-state index contributed by atoms with van der Waals surface area (Å²) in [5.74, 6) is 1.50. The molecule has 108 valence electrons. The van der Waals surface area contributed by atoms with E-state index in [9.17, 15) is 0 Å². The van der Waals surface area contributed by atoms with Crippen LogP contribution in [0.3, 0.4) is 0 Å². The predicted molar refractivity (Wildman–Crippen MR) is 85.4 cm³/mol. The van der Waals surface area contributed by atoms with Crippen molar-refractivity contribution in [1.29, 1.82) is 0 Å². The highest BCUT2D eigenvalue weighted by molar-refractivity contribution is 5.21. The second kappa shape index (κ2) is 9.14. The molecule has 0 aliphatic rings. The van der Waals surface area contributed by atoms with Gasteiger partial charge in [-0.25, -0.2) is 0 Å². The minimum Gasteiger partial charge on any atom is -0.330 e. The van der Waals surface area contributed by atoms with Crippen LogP contribution < -0.4 is 5.73 Å². The van der Waals surface area contributed by atoms with Crippen molar-refractivity contribution in [3.05, 3.63) is 35.4 Å². The number of hydrogen-bond donors (Lipinski definition) is 1. The Labute approximate surface area is 119 Å². The van der Waals surface area contributed by atoms with Gasteiger partial charge in [0.15, 0.2) is 0 Å². The smallest absolute Gasteiger partial charge is 0.00456 e. The molecule has 1 heteroatoms. The Morgan fingerprint density at radius 1 is 1.05 bits per heavy atom. The molecule has 2 N–H and O–H groups in total. The molecular formula is C18H31N. The van der Waals surface area contributed by atoms with Crippen LogP contribution >= 0.6 is 0 Å². The zero-order valence-corrected chi connectivity index (χ0v) is 13.0. The standard InChI is InChI=1S/C18H31N/c1-4-6-7-16(5-2)12-18(14-19)13-17-10-8-15(3)9-11-17/h8-11,16,18H,4-7,12-14,19H2,1-3H3. The first-order valence-corrected chi connectivity index (χ1v) is 7.95. The molecule has 0 saturated heterocycles. The Balaban J connectivity index is 2.49. The Bertz CT molecular complexity index is 328. The summed E-state index contributed by atoms with van der Waals surface area (Å²) in [6, 6.07) is 8.92. The van der Waals surface area contributed by atoms with E-state index in [1.165, 1.54) is 43.2 Å². The van der Waals surface area contributed by atoms with Gasteiger partial charge in [0.1, 0.15) is 0 Å². The van der Waals surface area contributed by atoms with Crippen LogP contribution in [0.4, 0.5) is 0 Å². The minimum absolute atomic E-state index is 0.643. The maximum Gasteiger partial charge on any atom is -0.00456 e. The second-order valence-electron chi connectivity index (χ2n) is 5.94. The third-order valence-electron chi connectivity index (χ3n) is 4.19. The van der Waals surface area contributed by atoms with E-state index in [1.54, 1.807) is 0 Å². The van der Waals surface area contributed by atoms with Crippen LogP contribution in [0.2, 0.25) is 0 Å². The lowest BCUT2D eigenvalue weighted by Crippen LogP contribution is -2.20. The van der Waals surface area contributed by atoms with Crippen molar-refractivity contribution in [2.24, 2.45) is 17.6 Å². The molecule has 0 aromatic heterocycles. The molecule has 0 spiro atoms. The Morgan fingerprint density at radius 3 is 2.26 bits per heavy atom. The largest absolute Gasteiger partial charge is 0.330 e. The van der Waals surface area contributed by atoms with Gasteiger partial charge in [0, 0.05) is 0 Å². The van der Waals surface area contributed by atoms with Gasteiger partial charge >= 0.3 is 0 Å². The van der Waals surface area contributed by atoms with E-state index < -0.39 is 0 Å². The normalized spacial score (nSPS) is 14.3. The number of hydrogen-bond acceptors (Lipinski definition) is 1. The zero-order chi connectivity index (χ0) is 14.1. The van der Waals surface area contributed by atoms with Crippen LogP contribution in [0.1, 0.15) is 57.1 Å². The van der Waals surface area contributed by atoms with Crippen molar-refractivity contribution in [3.63, 3.8) is 0 Å². The maximum atomic E-state index is 5.98. The van der Waals surface area contributed by atoms with Crippen molar-refractivity contribution in [1.82, 2.24) is 0 Å². The summed E-state index contributed by atoms with van der Waals surface area (Å²) >= 11 is 0. The third-order valence-corrected chi connectivity index (χ3v) is 4.19. The monoisotopic (exact) mass is 261 g/mol. The first-order valence-electron chi connectivity index (χ1n) is 7.95. The average molecular weight is 261 g/mol. The average Bonchev–Trinajstić information content (AvgIpc) is 2.44. The molecule has 0 heterocycles. The first-order chi connectivity index (χ1) is 9.19. The molecule has 0 saturated carbocycles. The Hall–Kier alpha value is -0.820. The SMILES string of the molecule is CCCCC(CC)CC(CN)Cc1ccc(C)cc1. The summed E-state index contributed by atoms with van der Waals surface area (Å²) in [6.07, 6.45) is 7.77. The van der Waals surface area contributed by atoms with E-state index in [4.69, 9.17) is 5.73 Å². The maximum absolute atomic E-state index is 5.98. The lowest BCUT2D eigenvalue weighted by atomic mass is 9.85. The number of benzene rings is 1. The predicted octanol–water partition coefficient (Wildman–Crippen LogP) is 4.72. The number of rotatable bonds is 9. The van der Waals surface area contributed by atoms with E-state index in [0.29, 0.717) is 5.92 Å². The fourth-order valence-electron chi connectivity index (χ4n) is 2.77. The molecule has 2 atom stereocenters. The van der Waals surface area contributed by atoms with E-state index in [-0.39, 0.29) is 0 Å². The van der Waals surface area contributed by atoms with Crippen molar-refractivity contribution >= 4 is 0 Å². The number of unbranched alkanes of at least 4 members (excludes halogenated alkanes) is 1. The molecule has 0 bridgehead atoms. The molecule has 1 aromatic rings. The van der Waals surface area contributed by atoms with Crippen LogP contribution in [0.5, 0.6) is 0 Å². The summed E-state index contributed by atoms with van der Waals surface area (Å²) in [7, 11) is 0. The van der Waals surface area contributed by atoms with Crippen molar-refractivity contribution in [3.8, 4) is 0 Å². The quantitative estimate of drug-likeness (QED) is 0.684. The van der Waals surface area contributed by atoms with Crippen molar-refractivity contribution < 1.29 is 0 Å². The van der Waals surface area contributed by atoms with Gasteiger partial charge in [0.05, 0.1) is 0 Å². The highest BCUT2D eigenvalue weighted by Crippen LogP contribution is 2.23. The highest BCUT2D eigenvalue weighted by atomic mass is 14.5. The van der Waals surface area contributed by atoms with E-state index in [1.807, 2.05) is 0 Å². The lowest BCUT2D eigenvalue weighted by molar-refractivity contribution is 0.339. The van der Waals surface area contributed by atoms with Crippen molar-refractivity contribution in [2.45, 2.75) is 59.3 Å². The van der Waals surface area contributed by atoms with E-state index in [0.717, 1.165) is 18.9 Å². The molecule has 0 aliphatic carbocycles. The third kappa shape index (κ3) is 6.24. The van der Waals surface area contributed by atoms with Gasteiger partial charge in [0.2, 0.25) is 0 Å². The minimum atomic E-state index is 0.643. The number of nitrogens with two attached hydrogens (primary N) is 1. The van der Waals surface area contributed by atoms with Crippen LogP contribution in [0, 0.1) is 18.8 Å². The fraction of sp³-hybridized carbons (Fsp3) is 0.667. The topological polar surface area (TPSA) is 26.0 Å². The van der Waals surface area contributed by atoms with Crippen LogP contribution in [-0.4, -0.2) is 6.54 Å². The Kier molecular flexibility index (Phi) is 7.81. The summed E-state index contributed by atoms with van der Waals surface area (Å²) in [5.41, 5.74) is 8.75.